The van der Waals surface area contributed by atoms with Crippen LogP contribution in [0.2, 0.25) is 0 Å². The number of benzene rings is 1. The van der Waals surface area contributed by atoms with E-state index < -0.39 is 0 Å². The molecule has 1 aromatic carbocycles. The van der Waals surface area contributed by atoms with Crippen LogP contribution >= 0.6 is 0 Å². The van der Waals surface area contributed by atoms with Gasteiger partial charge in [0.1, 0.15) is 5.84 Å². The first kappa shape index (κ1) is 23.7. The van der Waals surface area contributed by atoms with Gasteiger partial charge in [-0.15, -0.1) is 0 Å². The Morgan fingerprint density at radius 3 is 2.65 bits per heavy atom. The van der Waals surface area contributed by atoms with Gasteiger partial charge in [0.2, 0.25) is 5.91 Å². The van der Waals surface area contributed by atoms with Crippen LogP contribution in [0.5, 0.6) is 0 Å². The SMILES string of the molecule is CCCN(CCC)C(=O)C1=Cc2ccc(C(=O)Nc3cnc4c(c3)CC(C)C4)cc2N=C(N)C1. The molecule has 2 heterocycles. The second-order valence-corrected chi connectivity index (χ2v) is 9.31. The quantitative estimate of drug-likeness (QED) is 0.637. The summed E-state index contributed by atoms with van der Waals surface area (Å²) < 4.78 is 0. The smallest absolute Gasteiger partial charge is 0.255 e. The first-order chi connectivity index (χ1) is 16.4. The predicted octanol–water partition coefficient (Wildman–Crippen LogP) is 4.49. The second kappa shape index (κ2) is 10.2. The van der Waals surface area contributed by atoms with Crippen molar-refractivity contribution in [1.29, 1.82) is 0 Å². The van der Waals surface area contributed by atoms with E-state index in [0.717, 1.165) is 36.9 Å². The molecule has 0 fully saturated rings. The zero-order chi connectivity index (χ0) is 24.2. The zero-order valence-corrected chi connectivity index (χ0v) is 20.2. The van der Waals surface area contributed by atoms with E-state index in [-0.39, 0.29) is 18.2 Å². The number of hydrogen-bond acceptors (Lipinski definition) is 5. The highest BCUT2D eigenvalue weighted by atomic mass is 16.2. The standard InChI is InChI=1S/C27H33N5O2/c1-4-8-32(9-5-2)27(34)21-12-18-6-7-19(14-24(18)31-25(28)15-21)26(33)30-22-13-20-10-17(3)11-23(20)29-16-22/h6-7,12-14,16-17H,4-5,8-11,15H2,1-3H3,(H2,28,31)(H,30,33). The minimum atomic E-state index is -0.231. The minimum Gasteiger partial charge on any atom is -0.387 e. The number of nitrogens with zero attached hydrogens (tertiary/aromatic N) is 3. The van der Waals surface area contributed by atoms with Gasteiger partial charge in [-0.25, -0.2) is 4.99 Å². The Morgan fingerprint density at radius 1 is 1.15 bits per heavy atom. The highest BCUT2D eigenvalue weighted by Gasteiger charge is 2.22. The van der Waals surface area contributed by atoms with Gasteiger partial charge >= 0.3 is 0 Å². The van der Waals surface area contributed by atoms with Gasteiger partial charge in [0.25, 0.3) is 5.91 Å². The van der Waals surface area contributed by atoms with Crippen molar-refractivity contribution in [1.82, 2.24) is 9.88 Å². The summed E-state index contributed by atoms with van der Waals surface area (Å²) in [7, 11) is 0. The van der Waals surface area contributed by atoms with Gasteiger partial charge in [0.05, 0.1) is 17.6 Å². The molecular formula is C27H33N5O2. The summed E-state index contributed by atoms with van der Waals surface area (Å²) in [4.78, 5) is 37.0. The van der Waals surface area contributed by atoms with Crippen molar-refractivity contribution in [3.05, 3.63) is 58.4 Å². The van der Waals surface area contributed by atoms with Crippen molar-refractivity contribution in [2.75, 3.05) is 18.4 Å². The molecule has 0 spiro atoms. The van der Waals surface area contributed by atoms with E-state index in [1.807, 2.05) is 23.1 Å². The van der Waals surface area contributed by atoms with Gasteiger partial charge in [-0.05, 0) is 61.4 Å². The highest BCUT2D eigenvalue weighted by molar-refractivity contribution is 6.07. The number of rotatable bonds is 7. The third-order valence-electron chi connectivity index (χ3n) is 6.23. The van der Waals surface area contributed by atoms with E-state index in [4.69, 9.17) is 5.73 Å². The van der Waals surface area contributed by atoms with Crippen LogP contribution < -0.4 is 11.1 Å². The molecule has 3 N–H and O–H groups in total. The lowest BCUT2D eigenvalue weighted by Gasteiger charge is -2.22. The molecular weight excluding hydrogens is 426 g/mol. The Kier molecular flexibility index (Phi) is 7.10. The number of pyridine rings is 1. The van der Waals surface area contributed by atoms with Crippen molar-refractivity contribution >= 4 is 35.1 Å². The maximum Gasteiger partial charge on any atom is 0.255 e. The second-order valence-electron chi connectivity index (χ2n) is 9.31. The van der Waals surface area contributed by atoms with E-state index >= 15 is 0 Å². The fourth-order valence-corrected chi connectivity index (χ4v) is 4.68. The van der Waals surface area contributed by atoms with Crippen molar-refractivity contribution in [3.63, 3.8) is 0 Å². The number of anilines is 1. The van der Waals surface area contributed by atoms with Crippen LogP contribution in [0.25, 0.3) is 6.08 Å². The molecule has 0 radical (unpaired) electrons. The Balaban J connectivity index is 1.56. The molecule has 2 aromatic rings. The topological polar surface area (TPSA) is 101 Å². The van der Waals surface area contributed by atoms with Gasteiger partial charge in [-0.3, -0.25) is 14.6 Å². The normalized spacial score (nSPS) is 16.6. The molecule has 1 unspecified atom stereocenters. The molecule has 0 bridgehead atoms. The van der Waals surface area contributed by atoms with E-state index in [0.29, 0.717) is 47.4 Å². The number of aliphatic imine (C=N–C) groups is 1. The van der Waals surface area contributed by atoms with E-state index in [1.54, 1.807) is 18.3 Å². The Hall–Kier alpha value is -3.48. The summed E-state index contributed by atoms with van der Waals surface area (Å²) in [6.45, 7) is 7.76. The van der Waals surface area contributed by atoms with Crippen LogP contribution in [0.1, 0.15) is 67.2 Å². The summed E-state index contributed by atoms with van der Waals surface area (Å²) >= 11 is 0. The molecule has 2 amide bonds. The highest BCUT2D eigenvalue weighted by Crippen LogP contribution is 2.30. The maximum absolute atomic E-state index is 13.1. The summed E-state index contributed by atoms with van der Waals surface area (Å²) in [6.07, 6.45) is 7.63. The fourth-order valence-electron chi connectivity index (χ4n) is 4.68. The predicted molar refractivity (Wildman–Crippen MR) is 136 cm³/mol. The van der Waals surface area contributed by atoms with Crippen molar-refractivity contribution in [2.45, 2.75) is 52.9 Å². The van der Waals surface area contributed by atoms with Crippen LogP contribution in [0.15, 0.2) is 41.0 Å². The number of carbonyl (C=O) groups is 2. The number of fused-ring (bicyclic) bond motifs is 2. The van der Waals surface area contributed by atoms with Gasteiger partial charge in [-0.2, -0.15) is 0 Å². The van der Waals surface area contributed by atoms with Crippen LogP contribution in [-0.4, -0.2) is 40.6 Å². The first-order valence-corrected chi connectivity index (χ1v) is 12.1. The number of nitrogens with one attached hydrogen (secondary N) is 1. The number of nitrogens with two attached hydrogens (primary N) is 1. The van der Waals surface area contributed by atoms with E-state index in [1.165, 1.54) is 5.56 Å². The Morgan fingerprint density at radius 2 is 1.91 bits per heavy atom. The molecule has 34 heavy (non-hydrogen) atoms. The number of amides is 2. The minimum absolute atomic E-state index is 0.00468. The number of carbonyl (C=O) groups excluding carboxylic acids is 2. The van der Waals surface area contributed by atoms with E-state index in [9.17, 15) is 9.59 Å². The van der Waals surface area contributed by atoms with Crippen molar-refractivity contribution < 1.29 is 9.59 Å². The maximum atomic E-state index is 13.1. The largest absolute Gasteiger partial charge is 0.387 e. The number of hydrogen-bond donors (Lipinski definition) is 2. The average molecular weight is 460 g/mol. The molecule has 0 saturated carbocycles. The van der Waals surface area contributed by atoms with Crippen molar-refractivity contribution in [2.24, 2.45) is 16.6 Å². The molecule has 178 valence electrons. The van der Waals surface area contributed by atoms with Gasteiger partial charge < -0.3 is 16.0 Å². The number of aromatic nitrogens is 1. The lowest BCUT2D eigenvalue weighted by Crippen LogP contribution is -2.34. The summed E-state index contributed by atoms with van der Waals surface area (Å²) in [6, 6.07) is 7.32. The van der Waals surface area contributed by atoms with Crippen LogP contribution in [0, 0.1) is 5.92 Å². The molecule has 1 atom stereocenters. The summed E-state index contributed by atoms with van der Waals surface area (Å²) in [5.41, 5.74) is 11.6. The van der Waals surface area contributed by atoms with Crippen LogP contribution in [0.3, 0.4) is 0 Å². The summed E-state index contributed by atoms with van der Waals surface area (Å²) in [5.74, 6) is 0.712. The molecule has 1 aliphatic heterocycles. The lowest BCUT2D eigenvalue weighted by atomic mass is 10.0. The van der Waals surface area contributed by atoms with Crippen molar-refractivity contribution in [3.8, 4) is 0 Å². The molecule has 1 aromatic heterocycles. The molecule has 2 aliphatic rings. The Labute approximate surface area is 201 Å². The molecule has 7 nitrogen and oxygen atoms in total. The number of amidine groups is 1. The molecule has 7 heteroatoms. The summed E-state index contributed by atoms with van der Waals surface area (Å²) in [5, 5.41) is 2.95. The third kappa shape index (κ3) is 5.19. The molecule has 0 saturated heterocycles. The molecule has 4 rings (SSSR count). The first-order valence-electron chi connectivity index (χ1n) is 12.1. The average Bonchev–Trinajstić information content (AvgIpc) is 3.08. The van der Waals surface area contributed by atoms with Crippen LogP contribution in [0.4, 0.5) is 11.4 Å². The van der Waals surface area contributed by atoms with Gasteiger partial charge in [0, 0.05) is 41.9 Å². The van der Waals surface area contributed by atoms with Crippen LogP contribution in [-0.2, 0) is 17.6 Å². The van der Waals surface area contributed by atoms with Gasteiger partial charge in [-0.1, -0.05) is 26.8 Å². The lowest BCUT2D eigenvalue weighted by molar-refractivity contribution is -0.127. The molecule has 1 aliphatic carbocycles. The Bertz CT molecular complexity index is 1160. The van der Waals surface area contributed by atoms with E-state index in [2.05, 4.69) is 36.1 Å². The zero-order valence-electron chi connectivity index (χ0n) is 20.2. The monoisotopic (exact) mass is 459 g/mol. The fraction of sp³-hybridized carbons (Fsp3) is 0.407. The van der Waals surface area contributed by atoms with Gasteiger partial charge in [0.15, 0.2) is 0 Å². The third-order valence-corrected chi connectivity index (χ3v) is 6.23.